The number of likely N-dealkylation sites (tertiary alicyclic amines) is 1. The molecule has 0 spiro atoms. The van der Waals surface area contributed by atoms with Crippen LogP contribution >= 0.6 is 0 Å². The topological polar surface area (TPSA) is 80.1 Å². The summed E-state index contributed by atoms with van der Waals surface area (Å²) in [6.45, 7) is 2.16. The molecule has 0 aliphatic carbocycles. The number of amides is 2. The molecule has 1 N–H and O–H groups in total. The Kier molecular flexibility index (Phi) is 5.61. The molecule has 7 heteroatoms. The van der Waals surface area contributed by atoms with Crippen LogP contribution in [0.4, 0.5) is 5.69 Å². The zero-order valence-electron chi connectivity index (χ0n) is 17.2. The van der Waals surface area contributed by atoms with Crippen LogP contribution in [0.5, 0.6) is 0 Å². The number of carbonyl (C=O) groups excluding carboxylic acids is 2. The molecule has 4 rings (SSSR count). The second-order valence-corrected chi connectivity index (χ2v) is 7.61. The minimum atomic E-state index is -0.135. The Balaban J connectivity index is 1.64. The van der Waals surface area contributed by atoms with E-state index >= 15 is 0 Å². The second-order valence-electron chi connectivity index (χ2n) is 7.61. The quantitative estimate of drug-likeness (QED) is 0.718. The highest BCUT2D eigenvalue weighted by Gasteiger charge is 2.32. The van der Waals surface area contributed by atoms with Crippen LogP contribution in [0.3, 0.4) is 0 Å². The molecule has 1 aromatic carbocycles. The lowest BCUT2D eigenvalue weighted by Gasteiger charge is -2.35. The van der Waals surface area contributed by atoms with Crippen molar-refractivity contribution in [2.75, 3.05) is 11.9 Å². The zero-order valence-corrected chi connectivity index (χ0v) is 17.2. The molecular weight excluding hydrogens is 378 g/mol. The lowest BCUT2D eigenvalue weighted by molar-refractivity contribution is -0.114. The number of carbonyl (C=O) groups is 2. The zero-order chi connectivity index (χ0) is 21.1. The third-order valence-corrected chi connectivity index (χ3v) is 5.38. The number of anilines is 1. The van der Waals surface area contributed by atoms with Crippen molar-refractivity contribution in [1.82, 2.24) is 19.7 Å². The standard InChI is InChI=1S/C23H25N5O2/c1-16(29)25-19-8-6-18(7-9-19)23(30)28-14-4-3-5-21(28)22-20(15-27(2)26-22)17-10-12-24-13-11-17/h6-13,15,21H,3-5,14H2,1-2H3,(H,25,29). The van der Waals surface area contributed by atoms with E-state index in [1.165, 1.54) is 6.92 Å². The van der Waals surface area contributed by atoms with Crippen molar-refractivity contribution in [2.24, 2.45) is 7.05 Å². The number of rotatable bonds is 4. The van der Waals surface area contributed by atoms with Gasteiger partial charge in [-0.3, -0.25) is 19.3 Å². The van der Waals surface area contributed by atoms with Gasteiger partial charge in [-0.25, -0.2) is 0 Å². The number of nitrogens with zero attached hydrogens (tertiary/aromatic N) is 4. The molecule has 1 aliphatic heterocycles. The summed E-state index contributed by atoms with van der Waals surface area (Å²) in [6.07, 6.45) is 8.46. The Morgan fingerprint density at radius 2 is 1.80 bits per heavy atom. The van der Waals surface area contributed by atoms with Gasteiger partial charge in [-0.1, -0.05) is 0 Å². The van der Waals surface area contributed by atoms with Gasteiger partial charge in [0.05, 0.1) is 11.7 Å². The van der Waals surface area contributed by atoms with Gasteiger partial charge in [-0.2, -0.15) is 5.10 Å². The van der Waals surface area contributed by atoms with Crippen LogP contribution in [-0.4, -0.2) is 38.0 Å². The fraction of sp³-hybridized carbons (Fsp3) is 0.304. The van der Waals surface area contributed by atoms with Gasteiger partial charge in [0.15, 0.2) is 0 Å². The molecule has 7 nitrogen and oxygen atoms in total. The minimum Gasteiger partial charge on any atom is -0.330 e. The highest BCUT2D eigenvalue weighted by Crippen LogP contribution is 2.36. The summed E-state index contributed by atoms with van der Waals surface area (Å²) in [5.74, 6) is -0.149. The van der Waals surface area contributed by atoms with Crippen molar-refractivity contribution in [1.29, 1.82) is 0 Å². The summed E-state index contributed by atoms with van der Waals surface area (Å²) in [7, 11) is 1.91. The molecule has 0 bridgehead atoms. The summed E-state index contributed by atoms with van der Waals surface area (Å²) < 4.78 is 1.81. The summed E-state index contributed by atoms with van der Waals surface area (Å²) in [6, 6.07) is 10.9. The number of pyridine rings is 1. The molecule has 0 saturated carbocycles. The summed E-state index contributed by atoms with van der Waals surface area (Å²) >= 11 is 0. The van der Waals surface area contributed by atoms with E-state index in [4.69, 9.17) is 5.10 Å². The summed E-state index contributed by atoms with van der Waals surface area (Å²) in [4.78, 5) is 30.6. The monoisotopic (exact) mass is 403 g/mol. The van der Waals surface area contributed by atoms with Crippen LogP contribution in [0, 0.1) is 0 Å². The van der Waals surface area contributed by atoms with E-state index < -0.39 is 0 Å². The Hall–Kier alpha value is -3.48. The van der Waals surface area contributed by atoms with Crippen LogP contribution in [0.25, 0.3) is 11.1 Å². The SMILES string of the molecule is CC(=O)Nc1ccc(C(=O)N2CCCCC2c2nn(C)cc2-c2ccncc2)cc1. The van der Waals surface area contributed by atoms with E-state index in [-0.39, 0.29) is 17.9 Å². The van der Waals surface area contributed by atoms with Gasteiger partial charge in [-0.05, 0) is 61.2 Å². The van der Waals surface area contributed by atoms with Crippen molar-refractivity contribution in [3.63, 3.8) is 0 Å². The molecule has 1 saturated heterocycles. The minimum absolute atomic E-state index is 0.0135. The smallest absolute Gasteiger partial charge is 0.254 e. The fourth-order valence-electron chi connectivity index (χ4n) is 4.03. The van der Waals surface area contributed by atoms with E-state index in [1.54, 1.807) is 36.7 Å². The third kappa shape index (κ3) is 4.10. The molecule has 3 heterocycles. The van der Waals surface area contributed by atoms with Gasteiger partial charge in [0.2, 0.25) is 5.91 Å². The average Bonchev–Trinajstić information content (AvgIpc) is 3.15. The van der Waals surface area contributed by atoms with E-state index in [9.17, 15) is 9.59 Å². The first-order chi connectivity index (χ1) is 14.5. The largest absolute Gasteiger partial charge is 0.330 e. The molecule has 154 valence electrons. The van der Waals surface area contributed by atoms with Crippen LogP contribution in [0.1, 0.15) is 48.3 Å². The maximum atomic E-state index is 13.4. The van der Waals surface area contributed by atoms with Crippen molar-refractivity contribution >= 4 is 17.5 Å². The highest BCUT2D eigenvalue weighted by molar-refractivity contribution is 5.96. The molecule has 2 aromatic heterocycles. The second kappa shape index (κ2) is 8.49. The third-order valence-electron chi connectivity index (χ3n) is 5.38. The number of nitrogens with one attached hydrogen (secondary N) is 1. The first-order valence-corrected chi connectivity index (χ1v) is 10.2. The first kappa shape index (κ1) is 19.8. The molecule has 2 amide bonds. The van der Waals surface area contributed by atoms with Crippen molar-refractivity contribution in [2.45, 2.75) is 32.2 Å². The Morgan fingerprint density at radius 1 is 1.07 bits per heavy atom. The van der Waals surface area contributed by atoms with Crippen LogP contribution in [0.2, 0.25) is 0 Å². The number of piperidine rings is 1. The molecule has 1 fully saturated rings. The predicted molar refractivity (Wildman–Crippen MR) is 115 cm³/mol. The number of hydrogen-bond acceptors (Lipinski definition) is 4. The van der Waals surface area contributed by atoms with Gasteiger partial charge in [-0.15, -0.1) is 0 Å². The van der Waals surface area contributed by atoms with Gasteiger partial charge in [0, 0.05) is 55.9 Å². The molecule has 3 aromatic rings. The summed E-state index contributed by atoms with van der Waals surface area (Å²) in [5.41, 5.74) is 4.29. The Labute approximate surface area is 175 Å². The van der Waals surface area contributed by atoms with Crippen LogP contribution < -0.4 is 5.32 Å². The maximum Gasteiger partial charge on any atom is 0.254 e. The molecule has 1 atom stereocenters. The van der Waals surface area contributed by atoms with Crippen LogP contribution in [-0.2, 0) is 11.8 Å². The number of aryl methyl sites for hydroxylation is 1. The highest BCUT2D eigenvalue weighted by atomic mass is 16.2. The number of hydrogen-bond donors (Lipinski definition) is 1. The van der Waals surface area contributed by atoms with E-state index in [1.807, 2.05) is 35.0 Å². The normalized spacial score (nSPS) is 16.3. The van der Waals surface area contributed by atoms with E-state index in [2.05, 4.69) is 10.3 Å². The number of benzene rings is 1. The molecule has 30 heavy (non-hydrogen) atoms. The molecular formula is C23H25N5O2. The summed E-state index contributed by atoms with van der Waals surface area (Å²) in [5, 5.41) is 7.47. The van der Waals surface area contributed by atoms with Gasteiger partial charge < -0.3 is 10.2 Å². The number of aromatic nitrogens is 3. The first-order valence-electron chi connectivity index (χ1n) is 10.2. The average molecular weight is 403 g/mol. The van der Waals surface area contributed by atoms with Crippen molar-refractivity contribution < 1.29 is 9.59 Å². The van der Waals surface area contributed by atoms with Gasteiger partial charge in [0.1, 0.15) is 0 Å². The fourth-order valence-corrected chi connectivity index (χ4v) is 4.03. The van der Waals surface area contributed by atoms with Crippen LogP contribution in [0.15, 0.2) is 55.0 Å². The van der Waals surface area contributed by atoms with Gasteiger partial charge >= 0.3 is 0 Å². The predicted octanol–water partition coefficient (Wildman–Crippen LogP) is 3.81. The molecule has 1 aliphatic rings. The van der Waals surface area contributed by atoms with Gasteiger partial charge in [0.25, 0.3) is 5.91 Å². The molecule has 1 unspecified atom stereocenters. The Morgan fingerprint density at radius 3 is 2.50 bits per heavy atom. The van der Waals surface area contributed by atoms with E-state index in [0.717, 1.165) is 36.1 Å². The maximum absolute atomic E-state index is 13.4. The van der Waals surface area contributed by atoms with Crippen molar-refractivity contribution in [3.8, 4) is 11.1 Å². The lowest BCUT2D eigenvalue weighted by Crippen LogP contribution is -2.39. The lowest BCUT2D eigenvalue weighted by atomic mass is 9.94. The Bertz CT molecular complexity index is 1040. The molecule has 0 radical (unpaired) electrons. The van der Waals surface area contributed by atoms with E-state index in [0.29, 0.717) is 17.8 Å². The van der Waals surface area contributed by atoms with Crippen molar-refractivity contribution in [3.05, 3.63) is 66.2 Å².